The topological polar surface area (TPSA) is 78.3 Å². The van der Waals surface area contributed by atoms with Crippen LogP contribution in [0.4, 0.5) is 0 Å². The quantitative estimate of drug-likeness (QED) is 0.564. The van der Waals surface area contributed by atoms with E-state index in [-0.39, 0.29) is 23.1 Å². The van der Waals surface area contributed by atoms with Crippen molar-refractivity contribution in [2.75, 3.05) is 13.7 Å². The highest BCUT2D eigenvalue weighted by Crippen LogP contribution is 2.14. The summed E-state index contributed by atoms with van der Waals surface area (Å²) in [5.74, 6) is -0.362. The van der Waals surface area contributed by atoms with Crippen LogP contribution in [0.3, 0.4) is 0 Å². The van der Waals surface area contributed by atoms with E-state index >= 15 is 0 Å². The Hall–Kier alpha value is -0.920. The van der Waals surface area contributed by atoms with Gasteiger partial charge in [-0.2, -0.15) is 5.10 Å². The molecule has 1 aromatic rings. The zero-order valence-electron chi connectivity index (χ0n) is 8.10. The number of aromatic nitrogens is 2. The molecular weight excluding hydrogens is 244 g/mol. The van der Waals surface area contributed by atoms with Crippen LogP contribution >= 0.6 is 10.7 Å². The van der Waals surface area contributed by atoms with Crippen molar-refractivity contribution in [1.82, 2.24) is 9.78 Å². The van der Waals surface area contributed by atoms with Crippen LogP contribution in [-0.2, 0) is 20.8 Å². The van der Waals surface area contributed by atoms with E-state index in [4.69, 9.17) is 10.7 Å². The van der Waals surface area contributed by atoms with Crippen LogP contribution in [0.15, 0.2) is 11.1 Å². The molecule has 0 aromatic carbocycles. The number of methoxy groups -OCH3 is 1. The molecule has 6 nitrogen and oxygen atoms in total. The molecule has 0 saturated carbocycles. The van der Waals surface area contributed by atoms with Gasteiger partial charge in [0.2, 0.25) is 5.78 Å². The third kappa shape index (κ3) is 2.77. The number of nitrogens with zero attached hydrogens (tertiary/aromatic N) is 2. The first kappa shape index (κ1) is 12.2. The molecule has 1 aromatic heterocycles. The number of ether oxygens (including phenoxy) is 1. The van der Waals surface area contributed by atoms with Gasteiger partial charge in [-0.1, -0.05) is 0 Å². The Morgan fingerprint density at radius 2 is 2.27 bits per heavy atom. The van der Waals surface area contributed by atoms with E-state index in [0.717, 1.165) is 10.7 Å². The van der Waals surface area contributed by atoms with Crippen molar-refractivity contribution in [3.63, 3.8) is 0 Å². The second kappa shape index (κ2) is 4.30. The van der Waals surface area contributed by atoms with Crippen LogP contribution in [-0.4, -0.2) is 37.7 Å². The third-order valence-corrected chi connectivity index (χ3v) is 2.84. The van der Waals surface area contributed by atoms with Crippen LogP contribution in [0, 0.1) is 0 Å². The maximum absolute atomic E-state index is 11.4. The van der Waals surface area contributed by atoms with E-state index in [9.17, 15) is 13.2 Å². The molecule has 0 aliphatic carbocycles. The summed E-state index contributed by atoms with van der Waals surface area (Å²) in [5, 5.41) is 3.26. The van der Waals surface area contributed by atoms with Crippen molar-refractivity contribution in [2.45, 2.75) is 5.03 Å². The fourth-order valence-corrected chi connectivity index (χ4v) is 1.72. The van der Waals surface area contributed by atoms with Crippen molar-refractivity contribution in [3.05, 3.63) is 11.8 Å². The minimum Gasteiger partial charge on any atom is -0.376 e. The van der Waals surface area contributed by atoms with E-state index in [1.165, 1.54) is 14.2 Å². The summed E-state index contributed by atoms with van der Waals surface area (Å²) >= 11 is 0. The Kier molecular flexibility index (Phi) is 3.48. The van der Waals surface area contributed by atoms with Crippen molar-refractivity contribution < 1.29 is 17.9 Å². The number of carbonyl (C=O) groups excluding carboxylic acids is 1. The zero-order valence-corrected chi connectivity index (χ0v) is 9.67. The number of rotatable bonds is 4. The number of halogens is 1. The Bertz CT molecular complexity index is 479. The van der Waals surface area contributed by atoms with E-state index in [2.05, 4.69) is 9.84 Å². The van der Waals surface area contributed by atoms with E-state index in [1.54, 1.807) is 0 Å². The van der Waals surface area contributed by atoms with Crippen LogP contribution in [0.25, 0.3) is 0 Å². The first-order valence-electron chi connectivity index (χ1n) is 3.87. The van der Waals surface area contributed by atoms with Crippen molar-refractivity contribution >= 4 is 25.5 Å². The molecule has 8 heteroatoms. The molecule has 15 heavy (non-hydrogen) atoms. The molecule has 1 heterocycles. The predicted molar refractivity (Wildman–Crippen MR) is 52.5 cm³/mol. The highest BCUT2D eigenvalue weighted by atomic mass is 35.7. The molecule has 0 aliphatic heterocycles. The molecule has 0 spiro atoms. The van der Waals surface area contributed by atoms with Gasteiger partial charge in [-0.05, 0) is 0 Å². The van der Waals surface area contributed by atoms with E-state index in [1.807, 2.05) is 0 Å². The minimum absolute atomic E-state index is 0.135. The number of Topliss-reactive ketones (excluding diaryl/α,β-unsaturated/α-hetero) is 1. The van der Waals surface area contributed by atoms with Crippen molar-refractivity contribution in [2.24, 2.45) is 7.05 Å². The summed E-state index contributed by atoms with van der Waals surface area (Å²) in [5.41, 5.74) is 0.135. The van der Waals surface area contributed by atoms with Gasteiger partial charge in [-0.15, -0.1) is 0 Å². The standard InChI is InChI=1S/C7H9ClN2O4S/c1-10-5(6(11)4-14-2)3-7(9-10)15(8,12)13/h3H,4H2,1-2H3. The molecule has 0 radical (unpaired) electrons. The highest BCUT2D eigenvalue weighted by Gasteiger charge is 2.19. The fourth-order valence-electron chi connectivity index (χ4n) is 1.03. The maximum atomic E-state index is 11.4. The molecule has 1 rings (SSSR count). The number of ketones is 1. The maximum Gasteiger partial charge on any atom is 0.280 e. The van der Waals surface area contributed by atoms with Gasteiger partial charge in [0.25, 0.3) is 9.05 Å². The molecule has 0 bridgehead atoms. The molecule has 0 N–H and O–H groups in total. The van der Waals surface area contributed by atoms with E-state index < -0.39 is 9.05 Å². The lowest BCUT2D eigenvalue weighted by Crippen LogP contribution is -2.11. The summed E-state index contributed by atoms with van der Waals surface area (Å²) in [6, 6.07) is 1.11. The Labute approximate surface area is 91.2 Å². The van der Waals surface area contributed by atoms with Crippen molar-refractivity contribution in [3.8, 4) is 0 Å². The Morgan fingerprint density at radius 1 is 1.67 bits per heavy atom. The van der Waals surface area contributed by atoms with Gasteiger partial charge in [-0.3, -0.25) is 9.48 Å². The molecule has 0 saturated heterocycles. The minimum atomic E-state index is -3.91. The van der Waals surface area contributed by atoms with Gasteiger partial charge in [0.05, 0.1) is 0 Å². The highest BCUT2D eigenvalue weighted by molar-refractivity contribution is 8.13. The SMILES string of the molecule is COCC(=O)c1cc(S(=O)(=O)Cl)nn1C. The average Bonchev–Trinajstić information content (AvgIpc) is 2.47. The molecular formula is C7H9ClN2O4S. The largest absolute Gasteiger partial charge is 0.376 e. The van der Waals surface area contributed by atoms with Crippen LogP contribution in [0.5, 0.6) is 0 Å². The van der Waals surface area contributed by atoms with Gasteiger partial charge in [0.1, 0.15) is 12.3 Å². The molecule has 0 unspecified atom stereocenters. The smallest absolute Gasteiger partial charge is 0.280 e. The lowest BCUT2D eigenvalue weighted by atomic mass is 10.3. The third-order valence-electron chi connectivity index (χ3n) is 1.67. The summed E-state index contributed by atoms with van der Waals surface area (Å²) < 4.78 is 27.6. The molecule has 0 atom stereocenters. The van der Waals surface area contributed by atoms with Crippen molar-refractivity contribution in [1.29, 1.82) is 0 Å². The lowest BCUT2D eigenvalue weighted by Gasteiger charge is -1.98. The summed E-state index contributed by atoms with van der Waals surface area (Å²) in [6.07, 6.45) is 0. The Balaban J connectivity index is 3.13. The van der Waals surface area contributed by atoms with Gasteiger partial charge >= 0.3 is 0 Å². The summed E-state index contributed by atoms with van der Waals surface area (Å²) in [7, 11) is 4.00. The fraction of sp³-hybridized carbons (Fsp3) is 0.429. The van der Waals surface area contributed by atoms with Gasteiger partial charge in [0.15, 0.2) is 5.03 Å². The second-order valence-corrected chi connectivity index (χ2v) is 5.30. The Morgan fingerprint density at radius 3 is 2.67 bits per heavy atom. The van der Waals surface area contributed by atoms with Crippen LogP contribution < -0.4 is 0 Å². The number of hydrogen-bond acceptors (Lipinski definition) is 5. The monoisotopic (exact) mass is 252 g/mol. The number of aryl methyl sites for hydroxylation is 1. The number of carbonyl (C=O) groups is 1. The lowest BCUT2D eigenvalue weighted by molar-refractivity contribution is 0.0838. The zero-order chi connectivity index (χ0) is 11.6. The van der Waals surface area contributed by atoms with Gasteiger partial charge in [-0.25, -0.2) is 8.42 Å². The van der Waals surface area contributed by atoms with Gasteiger partial charge in [0, 0.05) is 30.9 Å². The second-order valence-electron chi connectivity index (χ2n) is 2.79. The first-order valence-corrected chi connectivity index (χ1v) is 6.18. The molecule has 0 aliphatic rings. The summed E-state index contributed by atoms with van der Waals surface area (Å²) in [4.78, 5) is 11.4. The van der Waals surface area contributed by atoms with E-state index in [0.29, 0.717) is 0 Å². The predicted octanol–water partition coefficient (Wildman–Crippen LogP) is 0.177. The number of hydrogen-bond donors (Lipinski definition) is 0. The molecule has 84 valence electrons. The normalized spacial score (nSPS) is 11.7. The first-order chi connectivity index (χ1) is 6.86. The van der Waals surface area contributed by atoms with Crippen LogP contribution in [0.1, 0.15) is 10.5 Å². The van der Waals surface area contributed by atoms with Gasteiger partial charge < -0.3 is 4.74 Å². The summed E-state index contributed by atoms with van der Waals surface area (Å²) in [6.45, 7) is -0.138. The van der Waals surface area contributed by atoms with Crippen LogP contribution in [0.2, 0.25) is 0 Å². The molecule has 0 amide bonds. The molecule has 0 fully saturated rings. The average molecular weight is 253 g/mol.